The molecule has 2 heterocycles. The van der Waals surface area contributed by atoms with Crippen LogP contribution in [0.15, 0.2) is 11.1 Å². The van der Waals surface area contributed by atoms with Crippen molar-refractivity contribution in [2.45, 2.75) is 66.3 Å². The van der Waals surface area contributed by atoms with Crippen LogP contribution in [0.1, 0.15) is 68.1 Å². The van der Waals surface area contributed by atoms with Gasteiger partial charge in [0.1, 0.15) is 4.83 Å². The lowest BCUT2D eigenvalue weighted by molar-refractivity contribution is 0.102. The van der Waals surface area contributed by atoms with Gasteiger partial charge in [0.25, 0.3) is 5.56 Å². The largest absolute Gasteiger partial charge is 0.303 e. The molecule has 0 spiro atoms. The Hall–Kier alpha value is -1.53. The van der Waals surface area contributed by atoms with Gasteiger partial charge in [-0.3, -0.25) is 14.2 Å². The molecule has 26 heavy (non-hydrogen) atoms. The van der Waals surface area contributed by atoms with Crippen molar-refractivity contribution >= 4 is 27.3 Å². The summed E-state index contributed by atoms with van der Waals surface area (Å²) in [6.07, 6.45) is 7.42. The van der Waals surface area contributed by atoms with Crippen LogP contribution in [0, 0.1) is 6.92 Å². The summed E-state index contributed by atoms with van der Waals surface area (Å²) < 4.78 is 1.70. The number of aryl methyl sites for hydroxylation is 2. The Labute approximate surface area is 160 Å². The molecule has 0 aliphatic rings. The molecule has 0 aromatic carbocycles. The van der Waals surface area contributed by atoms with Crippen molar-refractivity contribution in [1.82, 2.24) is 14.5 Å². The van der Waals surface area contributed by atoms with Gasteiger partial charge in [-0.2, -0.15) is 0 Å². The number of aromatic nitrogens is 2. The summed E-state index contributed by atoms with van der Waals surface area (Å²) in [7, 11) is 0. The highest BCUT2D eigenvalue weighted by Gasteiger charge is 2.17. The highest BCUT2D eigenvalue weighted by molar-refractivity contribution is 7.20. The van der Waals surface area contributed by atoms with E-state index in [1.54, 1.807) is 10.9 Å². The summed E-state index contributed by atoms with van der Waals surface area (Å²) in [4.78, 5) is 32.8. The lowest BCUT2D eigenvalue weighted by atomic mass is 10.2. The van der Waals surface area contributed by atoms with Gasteiger partial charge in [0.15, 0.2) is 5.78 Å². The molecule has 0 bridgehead atoms. The fourth-order valence-corrected chi connectivity index (χ4v) is 4.25. The Morgan fingerprint density at radius 2 is 1.77 bits per heavy atom. The highest BCUT2D eigenvalue weighted by Crippen LogP contribution is 2.26. The van der Waals surface area contributed by atoms with Crippen LogP contribution < -0.4 is 5.56 Å². The number of hydrogen-bond donors (Lipinski definition) is 0. The molecular weight excluding hydrogens is 346 g/mol. The lowest BCUT2D eigenvalue weighted by Crippen LogP contribution is -2.29. The molecule has 0 fully saturated rings. The minimum atomic E-state index is -0.0232. The van der Waals surface area contributed by atoms with Crippen molar-refractivity contribution < 1.29 is 4.79 Å². The standard InChI is InChI=1S/C20H31N3O2S/c1-5-7-10-22(11-8-6-2)12-9-13-23-14-21-19-17(20(23)25)15(3)18(26-19)16(4)24/h14H,5-13H2,1-4H3. The van der Waals surface area contributed by atoms with Crippen molar-refractivity contribution in [3.8, 4) is 0 Å². The third-order valence-electron chi connectivity index (χ3n) is 4.77. The molecule has 0 aliphatic carbocycles. The molecule has 0 radical (unpaired) electrons. The van der Waals surface area contributed by atoms with E-state index in [0.717, 1.165) is 31.6 Å². The average molecular weight is 378 g/mol. The maximum atomic E-state index is 12.8. The maximum absolute atomic E-state index is 12.8. The molecule has 5 nitrogen and oxygen atoms in total. The predicted octanol–water partition coefficient (Wildman–Crippen LogP) is 4.26. The maximum Gasteiger partial charge on any atom is 0.262 e. The molecule has 0 saturated heterocycles. The summed E-state index contributed by atoms with van der Waals surface area (Å²) in [6, 6.07) is 0. The van der Waals surface area contributed by atoms with E-state index >= 15 is 0 Å². The van der Waals surface area contributed by atoms with Gasteiger partial charge in [0.05, 0.1) is 16.6 Å². The van der Waals surface area contributed by atoms with Crippen LogP contribution in [0.25, 0.3) is 10.2 Å². The van der Waals surface area contributed by atoms with E-state index in [2.05, 4.69) is 23.7 Å². The van der Waals surface area contributed by atoms with E-state index in [1.807, 2.05) is 6.92 Å². The van der Waals surface area contributed by atoms with E-state index < -0.39 is 0 Å². The van der Waals surface area contributed by atoms with E-state index in [-0.39, 0.29) is 11.3 Å². The molecular formula is C20H31N3O2S. The highest BCUT2D eigenvalue weighted by atomic mass is 32.1. The molecule has 0 amide bonds. The zero-order valence-corrected chi connectivity index (χ0v) is 17.3. The van der Waals surface area contributed by atoms with Gasteiger partial charge in [0.2, 0.25) is 0 Å². The van der Waals surface area contributed by atoms with Crippen LogP contribution in [-0.2, 0) is 6.54 Å². The fourth-order valence-electron chi connectivity index (χ4n) is 3.22. The molecule has 2 aromatic rings. The Kier molecular flexibility index (Phi) is 7.97. The summed E-state index contributed by atoms with van der Waals surface area (Å²) in [5, 5.41) is 0.608. The zero-order chi connectivity index (χ0) is 19.1. The molecule has 144 valence electrons. The van der Waals surface area contributed by atoms with Crippen molar-refractivity contribution in [3.05, 3.63) is 27.1 Å². The topological polar surface area (TPSA) is 55.2 Å². The van der Waals surface area contributed by atoms with Crippen LogP contribution in [-0.4, -0.2) is 39.9 Å². The Bertz CT molecular complexity index is 786. The van der Waals surface area contributed by atoms with Gasteiger partial charge in [-0.05, 0) is 58.3 Å². The Morgan fingerprint density at radius 3 is 2.35 bits per heavy atom. The molecule has 0 saturated carbocycles. The van der Waals surface area contributed by atoms with Gasteiger partial charge < -0.3 is 4.90 Å². The molecule has 0 N–H and O–H groups in total. The minimum Gasteiger partial charge on any atom is -0.303 e. The number of Topliss-reactive ketones (excluding diaryl/α,β-unsaturated/α-hetero) is 1. The number of nitrogens with zero attached hydrogens (tertiary/aromatic N) is 3. The Morgan fingerprint density at radius 1 is 1.15 bits per heavy atom. The number of fused-ring (bicyclic) bond motifs is 1. The fraction of sp³-hybridized carbons (Fsp3) is 0.650. The van der Waals surface area contributed by atoms with Crippen LogP contribution in [0.2, 0.25) is 0 Å². The van der Waals surface area contributed by atoms with Gasteiger partial charge >= 0.3 is 0 Å². The second kappa shape index (κ2) is 9.97. The van der Waals surface area contributed by atoms with Crippen LogP contribution >= 0.6 is 11.3 Å². The van der Waals surface area contributed by atoms with Crippen molar-refractivity contribution in [2.75, 3.05) is 19.6 Å². The summed E-state index contributed by atoms with van der Waals surface area (Å²) in [6.45, 7) is 11.8. The summed E-state index contributed by atoms with van der Waals surface area (Å²) in [5.74, 6) is -0.000981. The normalized spacial score (nSPS) is 11.6. The minimum absolute atomic E-state index is 0.000981. The first kappa shape index (κ1) is 20.8. The summed E-state index contributed by atoms with van der Waals surface area (Å²) in [5.41, 5.74) is 0.752. The van der Waals surface area contributed by atoms with Crippen molar-refractivity contribution in [1.29, 1.82) is 0 Å². The van der Waals surface area contributed by atoms with Gasteiger partial charge in [-0.25, -0.2) is 4.98 Å². The lowest BCUT2D eigenvalue weighted by Gasteiger charge is -2.22. The first-order valence-corrected chi connectivity index (χ1v) is 10.5. The second-order valence-electron chi connectivity index (χ2n) is 6.94. The predicted molar refractivity (Wildman–Crippen MR) is 109 cm³/mol. The smallest absolute Gasteiger partial charge is 0.262 e. The van der Waals surface area contributed by atoms with E-state index in [1.165, 1.54) is 43.9 Å². The number of carbonyl (C=O) groups excluding carboxylic acids is 1. The molecule has 0 aliphatic heterocycles. The molecule has 0 atom stereocenters. The van der Waals surface area contributed by atoms with E-state index in [0.29, 0.717) is 21.6 Å². The van der Waals surface area contributed by atoms with Crippen LogP contribution in [0.3, 0.4) is 0 Å². The molecule has 2 rings (SSSR count). The third-order valence-corrected chi connectivity index (χ3v) is 6.07. The molecule has 0 unspecified atom stereocenters. The van der Waals surface area contributed by atoms with Gasteiger partial charge in [0, 0.05) is 6.54 Å². The molecule has 6 heteroatoms. The molecule has 2 aromatic heterocycles. The summed E-state index contributed by atoms with van der Waals surface area (Å²) >= 11 is 1.32. The quantitative estimate of drug-likeness (QED) is 0.549. The number of carbonyl (C=O) groups is 1. The van der Waals surface area contributed by atoms with Gasteiger partial charge in [-0.15, -0.1) is 11.3 Å². The van der Waals surface area contributed by atoms with Crippen molar-refractivity contribution in [3.63, 3.8) is 0 Å². The van der Waals surface area contributed by atoms with E-state index in [9.17, 15) is 9.59 Å². The number of rotatable bonds is 11. The number of unbranched alkanes of at least 4 members (excludes halogenated alkanes) is 2. The third kappa shape index (κ3) is 5.01. The number of ketones is 1. The van der Waals surface area contributed by atoms with Crippen molar-refractivity contribution in [2.24, 2.45) is 0 Å². The average Bonchev–Trinajstić information content (AvgIpc) is 2.96. The second-order valence-corrected chi connectivity index (χ2v) is 7.94. The zero-order valence-electron chi connectivity index (χ0n) is 16.5. The Balaban J connectivity index is 2.08. The van der Waals surface area contributed by atoms with E-state index in [4.69, 9.17) is 0 Å². The SMILES string of the molecule is CCCCN(CCCC)CCCn1cnc2sc(C(C)=O)c(C)c2c1=O. The first-order chi connectivity index (χ1) is 12.5. The van der Waals surface area contributed by atoms with Crippen LogP contribution in [0.4, 0.5) is 0 Å². The first-order valence-electron chi connectivity index (χ1n) is 9.71. The number of hydrogen-bond acceptors (Lipinski definition) is 5. The monoisotopic (exact) mass is 377 g/mol. The van der Waals surface area contributed by atoms with Gasteiger partial charge in [-0.1, -0.05) is 26.7 Å². The van der Waals surface area contributed by atoms with Crippen LogP contribution in [0.5, 0.6) is 0 Å². The number of thiophene rings is 1.